The average Bonchev–Trinajstić information content (AvgIpc) is 3.39. The van der Waals surface area contributed by atoms with Gasteiger partial charge in [0.2, 0.25) is 0 Å². The van der Waals surface area contributed by atoms with Crippen LogP contribution in [0.1, 0.15) is 45.1 Å². The Kier molecular flexibility index (Phi) is 8.84. The summed E-state index contributed by atoms with van der Waals surface area (Å²) in [4.78, 5) is 7.61. The molecule has 1 aromatic rings. The van der Waals surface area contributed by atoms with Gasteiger partial charge in [0.25, 0.3) is 0 Å². The van der Waals surface area contributed by atoms with Gasteiger partial charge in [-0.15, -0.1) is 0 Å². The Balaban J connectivity index is 1.37. The topological polar surface area (TPSA) is 19.0 Å². The first-order valence-electron chi connectivity index (χ1n) is 11.4. The van der Waals surface area contributed by atoms with Gasteiger partial charge in [-0.2, -0.15) is 0 Å². The highest BCUT2D eigenvalue weighted by Crippen LogP contribution is 2.20. The van der Waals surface area contributed by atoms with Gasteiger partial charge in [-0.1, -0.05) is 37.6 Å². The summed E-state index contributed by atoms with van der Waals surface area (Å²) >= 11 is 0. The molecule has 2 saturated heterocycles. The molecular weight excluding hydrogens is 346 g/mol. The van der Waals surface area contributed by atoms with Crippen LogP contribution in [-0.4, -0.2) is 80.2 Å². The molecule has 0 aliphatic carbocycles. The first kappa shape index (κ1) is 21.4. The molecule has 4 heteroatoms. The number of likely N-dealkylation sites (tertiary alicyclic amines) is 2. The van der Waals surface area contributed by atoms with E-state index in [0.717, 1.165) is 25.4 Å². The Morgan fingerprint density at radius 2 is 1.71 bits per heavy atom. The van der Waals surface area contributed by atoms with E-state index in [2.05, 4.69) is 58.9 Å². The molecule has 0 N–H and O–H groups in total. The maximum absolute atomic E-state index is 5.92. The second-order valence-electron chi connectivity index (χ2n) is 8.18. The maximum atomic E-state index is 5.92. The molecule has 0 amide bonds. The van der Waals surface area contributed by atoms with E-state index in [1.165, 1.54) is 77.1 Å². The van der Waals surface area contributed by atoms with Crippen LogP contribution in [-0.2, 0) is 0 Å². The van der Waals surface area contributed by atoms with Crippen LogP contribution < -0.4 is 4.74 Å². The van der Waals surface area contributed by atoms with E-state index in [9.17, 15) is 0 Å². The van der Waals surface area contributed by atoms with Gasteiger partial charge in [-0.05, 0) is 82.6 Å². The SMILES string of the molecule is CCN(CC)CCCN1CC/C(=C\c2ccc(OCCN3CCCC3)cc2)C1. The highest BCUT2D eigenvalue weighted by atomic mass is 16.5. The fourth-order valence-electron chi connectivity index (χ4n) is 4.31. The van der Waals surface area contributed by atoms with Crippen molar-refractivity contribution in [3.8, 4) is 5.75 Å². The highest BCUT2D eigenvalue weighted by molar-refractivity contribution is 5.54. The summed E-state index contributed by atoms with van der Waals surface area (Å²) in [5, 5.41) is 0. The molecule has 0 radical (unpaired) electrons. The number of nitrogens with zero attached hydrogens (tertiary/aromatic N) is 3. The minimum atomic E-state index is 0.795. The molecule has 0 aromatic heterocycles. The van der Waals surface area contributed by atoms with E-state index in [1.54, 1.807) is 5.57 Å². The summed E-state index contributed by atoms with van der Waals surface area (Å²) in [6.07, 6.45) is 7.55. The Labute approximate surface area is 172 Å². The standard InChI is InChI=1S/C24H39N3O/c1-3-25(4-2)15-7-16-27-17-12-23(21-27)20-22-8-10-24(11-9-22)28-19-18-26-13-5-6-14-26/h8-11,20H,3-7,12-19,21H2,1-2H3/b23-20+. The van der Waals surface area contributed by atoms with Crippen LogP contribution >= 0.6 is 0 Å². The molecule has 4 nitrogen and oxygen atoms in total. The van der Waals surface area contributed by atoms with E-state index >= 15 is 0 Å². The van der Waals surface area contributed by atoms with Gasteiger partial charge >= 0.3 is 0 Å². The zero-order valence-corrected chi connectivity index (χ0v) is 18.0. The molecule has 2 aliphatic rings. The number of ether oxygens (including phenoxy) is 1. The second kappa shape index (κ2) is 11.6. The van der Waals surface area contributed by atoms with Crippen molar-refractivity contribution in [3.63, 3.8) is 0 Å². The summed E-state index contributed by atoms with van der Waals surface area (Å²) in [6, 6.07) is 8.63. The zero-order valence-electron chi connectivity index (χ0n) is 18.0. The summed E-state index contributed by atoms with van der Waals surface area (Å²) in [6.45, 7) is 15.9. The van der Waals surface area contributed by atoms with Crippen molar-refractivity contribution >= 4 is 6.08 Å². The molecule has 0 spiro atoms. The van der Waals surface area contributed by atoms with Crippen LogP contribution in [0.15, 0.2) is 29.8 Å². The van der Waals surface area contributed by atoms with Crippen molar-refractivity contribution < 1.29 is 4.74 Å². The van der Waals surface area contributed by atoms with Gasteiger partial charge in [0.15, 0.2) is 0 Å². The normalized spacial score (nSPS) is 19.9. The lowest BCUT2D eigenvalue weighted by molar-refractivity contribution is 0.238. The number of rotatable bonds is 11. The van der Waals surface area contributed by atoms with Crippen molar-refractivity contribution in [2.75, 3.05) is 65.5 Å². The molecule has 28 heavy (non-hydrogen) atoms. The van der Waals surface area contributed by atoms with Gasteiger partial charge in [0.05, 0.1) is 0 Å². The summed E-state index contributed by atoms with van der Waals surface area (Å²) in [5.74, 6) is 0.991. The largest absolute Gasteiger partial charge is 0.492 e. The van der Waals surface area contributed by atoms with Crippen molar-refractivity contribution in [1.29, 1.82) is 0 Å². The Bertz CT molecular complexity index is 588. The minimum absolute atomic E-state index is 0.795. The molecule has 2 heterocycles. The van der Waals surface area contributed by atoms with Gasteiger partial charge in [-0.25, -0.2) is 0 Å². The molecule has 0 saturated carbocycles. The van der Waals surface area contributed by atoms with Crippen LogP contribution in [0.2, 0.25) is 0 Å². The predicted octanol–water partition coefficient (Wildman–Crippen LogP) is 3.98. The zero-order chi connectivity index (χ0) is 19.6. The Hall–Kier alpha value is -1.36. The summed E-state index contributed by atoms with van der Waals surface area (Å²) < 4.78 is 5.92. The van der Waals surface area contributed by atoms with Gasteiger partial charge < -0.3 is 9.64 Å². The smallest absolute Gasteiger partial charge is 0.119 e. The van der Waals surface area contributed by atoms with Crippen LogP contribution in [0.5, 0.6) is 5.75 Å². The van der Waals surface area contributed by atoms with Crippen LogP contribution in [0.4, 0.5) is 0 Å². The number of hydrogen-bond donors (Lipinski definition) is 0. The maximum Gasteiger partial charge on any atom is 0.119 e. The van der Waals surface area contributed by atoms with Gasteiger partial charge in [0, 0.05) is 19.6 Å². The van der Waals surface area contributed by atoms with Crippen LogP contribution in [0, 0.1) is 0 Å². The lowest BCUT2D eigenvalue weighted by Crippen LogP contribution is -2.28. The van der Waals surface area contributed by atoms with E-state index in [1.807, 2.05) is 0 Å². The lowest BCUT2D eigenvalue weighted by Gasteiger charge is -2.20. The molecule has 1 aromatic carbocycles. The fraction of sp³-hybridized carbons (Fsp3) is 0.667. The molecular formula is C24H39N3O. The Morgan fingerprint density at radius 3 is 2.43 bits per heavy atom. The second-order valence-corrected chi connectivity index (χ2v) is 8.18. The number of benzene rings is 1. The van der Waals surface area contributed by atoms with Crippen LogP contribution in [0.25, 0.3) is 6.08 Å². The fourth-order valence-corrected chi connectivity index (χ4v) is 4.31. The molecule has 2 fully saturated rings. The first-order chi connectivity index (χ1) is 13.8. The van der Waals surface area contributed by atoms with Crippen molar-refractivity contribution in [1.82, 2.24) is 14.7 Å². The minimum Gasteiger partial charge on any atom is -0.492 e. The third-order valence-electron chi connectivity index (χ3n) is 6.14. The third kappa shape index (κ3) is 6.91. The van der Waals surface area contributed by atoms with E-state index in [-0.39, 0.29) is 0 Å². The molecule has 0 unspecified atom stereocenters. The Morgan fingerprint density at radius 1 is 0.964 bits per heavy atom. The number of hydrogen-bond acceptors (Lipinski definition) is 4. The average molecular weight is 386 g/mol. The van der Waals surface area contributed by atoms with Crippen molar-refractivity contribution in [3.05, 3.63) is 35.4 Å². The summed E-state index contributed by atoms with van der Waals surface area (Å²) in [7, 11) is 0. The molecule has 0 atom stereocenters. The monoisotopic (exact) mass is 385 g/mol. The highest BCUT2D eigenvalue weighted by Gasteiger charge is 2.16. The van der Waals surface area contributed by atoms with E-state index < -0.39 is 0 Å². The lowest BCUT2D eigenvalue weighted by atomic mass is 10.1. The molecule has 2 aliphatic heterocycles. The predicted molar refractivity (Wildman–Crippen MR) is 119 cm³/mol. The van der Waals surface area contributed by atoms with E-state index in [0.29, 0.717) is 0 Å². The summed E-state index contributed by atoms with van der Waals surface area (Å²) in [5.41, 5.74) is 2.86. The van der Waals surface area contributed by atoms with Gasteiger partial charge in [0.1, 0.15) is 12.4 Å². The molecule has 0 bridgehead atoms. The quantitative estimate of drug-likeness (QED) is 0.573. The van der Waals surface area contributed by atoms with Crippen LogP contribution in [0.3, 0.4) is 0 Å². The van der Waals surface area contributed by atoms with Gasteiger partial charge in [-0.3, -0.25) is 9.80 Å². The molecule has 156 valence electrons. The van der Waals surface area contributed by atoms with Crippen molar-refractivity contribution in [2.24, 2.45) is 0 Å². The molecule has 3 rings (SSSR count). The third-order valence-corrected chi connectivity index (χ3v) is 6.14. The van der Waals surface area contributed by atoms with Crippen molar-refractivity contribution in [2.45, 2.75) is 39.5 Å². The first-order valence-corrected chi connectivity index (χ1v) is 11.4. The van der Waals surface area contributed by atoms with E-state index in [4.69, 9.17) is 4.74 Å².